The highest BCUT2D eigenvalue weighted by molar-refractivity contribution is 7.46. The number of phosphoric ester groups is 1. The third-order valence-corrected chi connectivity index (χ3v) is 5.31. The van der Waals surface area contributed by atoms with E-state index in [1.165, 1.54) is 0 Å². The SMILES string of the molecule is O=C(O)CCCC(=O)NCCCCCNC(=O)O[C@H]1[C@@H](O)[C@@H](OP(=O)(O)O)[C@H](O)[C@@H](O)[C@@H]1O. The molecule has 0 heterocycles. The van der Waals surface area contributed by atoms with E-state index in [0.29, 0.717) is 25.8 Å². The van der Waals surface area contributed by atoms with Crippen LogP contribution >= 0.6 is 7.82 Å². The molecule has 192 valence electrons. The van der Waals surface area contributed by atoms with Crippen LogP contribution in [-0.4, -0.2) is 103 Å². The molecule has 2 amide bonds. The van der Waals surface area contributed by atoms with Gasteiger partial charge in [0.25, 0.3) is 0 Å². The molecule has 1 rings (SSSR count). The summed E-state index contributed by atoms with van der Waals surface area (Å²) in [4.78, 5) is 51.5. The Hall–Kier alpha value is -1.84. The molecule has 6 atom stereocenters. The van der Waals surface area contributed by atoms with Crippen molar-refractivity contribution in [2.24, 2.45) is 0 Å². The number of hydrogen-bond donors (Lipinski definition) is 9. The highest BCUT2D eigenvalue weighted by Crippen LogP contribution is 2.41. The van der Waals surface area contributed by atoms with E-state index in [0.717, 1.165) is 0 Å². The quantitative estimate of drug-likeness (QED) is 0.0938. The lowest BCUT2D eigenvalue weighted by atomic mass is 9.85. The van der Waals surface area contributed by atoms with E-state index in [1.807, 2.05) is 0 Å². The van der Waals surface area contributed by atoms with Gasteiger partial charge in [-0.3, -0.25) is 14.1 Å². The number of nitrogens with one attached hydrogen (secondary N) is 2. The van der Waals surface area contributed by atoms with Crippen LogP contribution in [0.5, 0.6) is 0 Å². The Morgan fingerprint density at radius 1 is 0.758 bits per heavy atom. The third kappa shape index (κ3) is 10.8. The second-order valence-corrected chi connectivity index (χ2v) is 8.67. The van der Waals surface area contributed by atoms with Gasteiger partial charge in [-0.05, 0) is 25.7 Å². The molecule has 0 unspecified atom stereocenters. The lowest BCUT2D eigenvalue weighted by Gasteiger charge is -2.42. The molecule has 1 saturated carbocycles. The summed E-state index contributed by atoms with van der Waals surface area (Å²) >= 11 is 0. The first-order valence-electron chi connectivity index (χ1n) is 10.2. The minimum Gasteiger partial charge on any atom is -0.481 e. The number of aliphatic carboxylic acids is 1. The highest BCUT2D eigenvalue weighted by Gasteiger charge is 2.53. The number of alkyl carbamates (subject to hydrolysis) is 1. The first kappa shape index (κ1) is 29.2. The molecule has 33 heavy (non-hydrogen) atoms. The van der Waals surface area contributed by atoms with Crippen LogP contribution in [0.2, 0.25) is 0 Å². The zero-order chi connectivity index (χ0) is 25.2. The Kier molecular flexibility index (Phi) is 12.2. The monoisotopic (exact) mass is 502 g/mol. The lowest BCUT2D eigenvalue weighted by molar-refractivity contribution is -0.219. The molecule has 0 bridgehead atoms. The number of carbonyl (C=O) groups is 3. The molecule has 0 radical (unpaired) electrons. The molecule has 0 saturated heterocycles. The Labute approximate surface area is 188 Å². The predicted octanol–water partition coefficient (Wildman–Crippen LogP) is -2.44. The first-order valence-corrected chi connectivity index (χ1v) is 11.8. The predicted molar refractivity (Wildman–Crippen MR) is 108 cm³/mol. The number of rotatable bonds is 13. The second kappa shape index (κ2) is 13.8. The summed E-state index contributed by atoms with van der Waals surface area (Å²) in [6, 6.07) is 0. The number of phosphoric acid groups is 1. The van der Waals surface area contributed by atoms with E-state index in [-0.39, 0.29) is 31.7 Å². The number of carbonyl (C=O) groups excluding carboxylic acids is 2. The summed E-state index contributed by atoms with van der Waals surface area (Å²) in [6.45, 7) is 0.496. The average molecular weight is 502 g/mol. The number of unbranched alkanes of at least 4 members (excludes halogenated alkanes) is 2. The maximum absolute atomic E-state index is 11.9. The van der Waals surface area contributed by atoms with Crippen molar-refractivity contribution in [2.45, 2.75) is 75.1 Å². The summed E-state index contributed by atoms with van der Waals surface area (Å²) < 4.78 is 20.1. The molecule has 15 nitrogen and oxygen atoms in total. The topological polar surface area (TPSA) is 252 Å². The van der Waals surface area contributed by atoms with Gasteiger partial charge >= 0.3 is 19.9 Å². The number of carboxylic acid groups (broad SMARTS) is 1. The van der Waals surface area contributed by atoms with Gasteiger partial charge in [0.2, 0.25) is 5.91 Å². The van der Waals surface area contributed by atoms with Crippen LogP contribution in [-0.2, 0) is 23.4 Å². The van der Waals surface area contributed by atoms with Crippen LogP contribution in [0.4, 0.5) is 4.79 Å². The van der Waals surface area contributed by atoms with Crippen LogP contribution in [0, 0.1) is 0 Å². The van der Waals surface area contributed by atoms with E-state index >= 15 is 0 Å². The summed E-state index contributed by atoms with van der Waals surface area (Å²) in [5, 5.41) is 53.2. The van der Waals surface area contributed by atoms with Gasteiger partial charge in [0.15, 0.2) is 6.10 Å². The van der Waals surface area contributed by atoms with E-state index < -0.39 is 56.5 Å². The molecule has 0 aromatic rings. The second-order valence-electron chi connectivity index (χ2n) is 7.48. The van der Waals surface area contributed by atoms with Crippen LogP contribution in [0.25, 0.3) is 0 Å². The fraction of sp³-hybridized carbons (Fsp3) is 0.824. The van der Waals surface area contributed by atoms with Gasteiger partial charge in [-0.1, -0.05) is 0 Å². The molecule has 0 aromatic heterocycles. The van der Waals surface area contributed by atoms with E-state index in [4.69, 9.17) is 19.6 Å². The molecule has 0 aromatic carbocycles. The standard InChI is InChI=1S/C17H31N2O13P/c20-9(5-4-6-10(21)22)18-7-2-1-3-8-19-17(27)31-15-12(24)11(23)13(25)16(14(15)26)32-33(28,29)30/h11-16,23-26H,1-8H2,(H,18,20)(H,19,27)(H,21,22)(H2,28,29,30)/t11-,12-,13+,14+,15+,16-/m0/s1. The molecular weight excluding hydrogens is 471 g/mol. The Morgan fingerprint density at radius 3 is 1.91 bits per heavy atom. The Balaban J connectivity index is 2.32. The molecule has 0 aliphatic heterocycles. The van der Waals surface area contributed by atoms with Gasteiger partial charge < -0.3 is 50.7 Å². The van der Waals surface area contributed by atoms with Gasteiger partial charge in [0.05, 0.1) is 0 Å². The van der Waals surface area contributed by atoms with Crippen LogP contribution in [0.3, 0.4) is 0 Å². The van der Waals surface area contributed by atoms with Crippen LogP contribution in [0.15, 0.2) is 0 Å². The van der Waals surface area contributed by atoms with Gasteiger partial charge in [-0.15, -0.1) is 0 Å². The van der Waals surface area contributed by atoms with Crippen molar-refractivity contribution in [1.82, 2.24) is 10.6 Å². The van der Waals surface area contributed by atoms with Gasteiger partial charge in [0, 0.05) is 25.9 Å². The highest BCUT2D eigenvalue weighted by atomic mass is 31.2. The van der Waals surface area contributed by atoms with Gasteiger partial charge in [-0.25, -0.2) is 9.36 Å². The summed E-state index contributed by atoms with van der Waals surface area (Å²) in [6.07, 6.45) is -11.1. The van der Waals surface area contributed by atoms with Crippen LogP contribution < -0.4 is 10.6 Å². The minimum atomic E-state index is -5.18. The zero-order valence-electron chi connectivity index (χ0n) is 17.6. The molecule has 9 N–H and O–H groups in total. The summed E-state index contributed by atoms with van der Waals surface area (Å²) in [5.41, 5.74) is 0. The van der Waals surface area contributed by atoms with Crippen molar-refractivity contribution in [2.75, 3.05) is 13.1 Å². The van der Waals surface area contributed by atoms with Crippen molar-refractivity contribution < 1.29 is 63.5 Å². The van der Waals surface area contributed by atoms with Crippen molar-refractivity contribution in [3.63, 3.8) is 0 Å². The largest absolute Gasteiger partial charge is 0.481 e. The number of ether oxygens (including phenoxy) is 1. The zero-order valence-corrected chi connectivity index (χ0v) is 18.5. The summed E-state index contributed by atoms with van der Waals surface area (Å²) in [7, 11) is -5.18. The molecule has 1 aliphatic rings. The Bertz CT molecular complexity index is 702. The van der Waals surface area contributed by atoms with Crippen LogP contribution in [0.1, 0.15) is 38.5 Å². The average Bonchev–Trinajstić information content (AvgIpc) is 2.71. The van der Waals surface area contributed by atoms with Crippen molar-refractivity contribution in [1.29, 1.82) is 0 Å². The van der Waals surface area contributed by atoms with E-state index in [2.05, 4.69) is 15.2 Å². The number of aliphatic hydroxyl groups is 4. The number of aliphatic hydroxyl groups excluding tert-OH is 4. The minimum absolute atomic E-state index is 0.0823. The lowest BCUT2D eigenvalue weighted by Crippen LogP contribution is -2.65. The maximum atomic E-state index is 11.9. The molecule has 0 spiro atoms. The van der Waals surface area contributed by atoms with E-state index in [1.54, 1.807) is 0 Å². The maximum Gasteiger partial charge on any atom is 0.470 e. The fourth-order valence-corrected chi connectivity index (χ4v) is 3.67. The van der Waals surface area contributed by atoms with Gasteiger partial charge in [0.1, 0.15) is 30.5 Å². The van der Waals surface area contributed by atoms with Crippen molar-refractivity contribution in [3.8, 4) is 0 Å². The normalized spacial score (nSPS) is 27.6. The smallest absolute Gasteiger partial charge is 0.470 e. The number of hydrogen-bond acceptors (Lipinski definition) is 10. The number of amides is 2. The molecular formula is C17H31N2O13P. The number of carboxylic acids is 1. The summed E-state index contributed by atoms with van der Waals surface area (Å²) in [5.74, 6) is -1.22. The van der Waals surface area contributed by atoms with Gasteiger partial charge in [-0.2, -0.15) is 0 Å². The van der Waals surface area contributed by atoms with E-state index in [9.17, 15) is 39.4 Å². The third-order valence-electron chi connectivity index (χ3n) is 4.79. The van der Waals surface area contributed by atoms with Crippen molar-refractivity contribution in [3.05, 3.63) is 0 Å². The Morgan fingerprint density at radius 2 is 1.33 bits per heavy atom. The first-order chi connectivity index (χ1) is 15.3. The van der Waals surface area contributed by atoms with Crippen molar-refractivity contribution >= 4 is 25.8 Å². The fourth-order valence-electron chi connectivity index (χ4n) is 3.10. The molecule has 16 heteroatoms. The molecule has 1 aliphatic carbocycles. The molecule has 1 fully saturated rings.